The first-order valence-corrected chi connectivity index (χ1v) is 22.2. The van der Waals surface area contributed by atoms with Gasteiger partial charge in [-0.15, -0.1) is 0 Å². The van der Waals surface area contributed by atoms with Crippen molar-refractivity contribution in [3.63, 3.8) is 0 Å². The van der Waals surface area contributed by atoms with Crippen molar-refractivity contribution in [1.82, 2.24) is 13.4 Å². The van der Waals surface area contributed by atoms with E-state index in [9.17, 15) is 0 Å². The number of benzene rings is 6. The molecule has 2 aliphatic rings. The van der Waals surface area contributed by atoms with Crippen molar-refractivity contribution in [2.45, 2.75) is 75.0 Å². The SMILES string of the molecule is Cc1cc(C)c(-c2cc3c4c(c2)B(CC(C)(C)C)c2c5ccc6c7ccccc7oc6c5n5c(=O)n6c7c(ccc8c9ccccc9oc87)c(c6n-4c25)B3CC(C)(C)C)c(C)c1. The molecule has 0 amide bonds. The predicted octanol–water partition coefficient (Wildman–Crippen LogP) is 11.0. The Morgan fingerprint density at radius 2 is 0.984 bits per heavy atom. The van der Waals surface area contributed by atoms with Gasteiger partial charge in [-0.25, -0.2) is 13.6 Å². The van der Waals surface area contributed by atoms with E-state index in [-0.39, 0.29) is 29.9 Å². The molecule has 5 aromatic heterocycles. The summed E-state index contributed by atoms with van der Waals surface area (Å²) in [4.78, 5) is 16.2. The second kappa shape index (κ2) is 11.7. The highest BCUT2D eigenvalue weighted by atomic mass is 16.3. The Morgan fingerprint density at radius 3 is 1.44 bits per heavy atom. The lowest BCUT2D eigenvalue weighted by Crippen LogP contribution is -2.59. The van der Waals surface area contributed by atoms with E-state index in [0.717, 1.165) is 89.6 Å². The summed E-state index contributed by atoms with van der Waals surface area (Å²) in [5.41, 5.74) is 19.2. The number of para-hydroxylation sites is 2. The van der Waals surface area contributed by atoms with Gasteiger partial charge in [-0.3, -0.25) is 4.57 Å². The number of furan rings is 2. The Kier molecular flexibility index (Phi) is 6.87. The molecule has 0 atom stereocenters. The first kappa shape index (κ1) is 36.3. The summed E-state index contributed by atoms with van der Waals surface area (Å²) in [7, 11) is 0. The van der Waals surface area contributed by atoms with Crippen molar-refractivity contribution >= 4 is 112 Å². The molecule has 0 fully saturated rings. The number of hydrogen-bond acceptors (Lipinski definition) is 3. The molecule has 0 aliphatic carbocycles. The first-order chi connectivity index (χ1) is 29.7. The molecule has 0 saturated heterocycles. The van der Waals surface area contributed by atoms with E-state index in [1.807, 2.05) is 33.1 Å². The van der Waals surface area contributed by atoms with Crippen LogP contribution in [-0.4, -0.2) is 26.8 Å². The van der Waals surface area contributed by atoms with Crippen LogP contribution in [0.25, 0.3) is 93.8 Å². The largest absolute Gasteiger partial charge is 0.454 e. The minimum atomic E-state index is -0.0990. The highest BCUT2D eigenvalue weighted by molar-refractivity contribution is 6.94. The molecule has 6 nitrogen and oxygen atoms in total. The predicted molar refractivity (Wildman–Crippen MR) is 262 cm³/mol. The average molecular weight is 808 g/mol. The molecule has 8 heteroatoms. The maximum atomic E-state index is 16.2. The van der Waals surface area contributed by atoms with Gasteiger partial charge in [0.05, 0.1) is 0 Å². The third kappa shape index (κ3) is 4.60. The summed E-state index contributed by atoms with van der Waals surface area (Å²) in [6.07, 6.45) is 1.81. The molecule has 6 aromatic carbocycles. The van der Waals surface area contributed by atoms with Gasteiger partial charge in [0.2, 0.25) is 13.4 Å². The van der Waals surface area contributed by atoms with Crippen molar-refractivity contribution in [3.05, 3.63) is 124 Å². The zero-order valence-electron chi connectivity index (χ0n) is 36.9. The molecule has 0 N–H and O–H groups in total. The van der Waals surface area contributed by atoms with Crippen molar-refractivity contribution in [2.24, 2.45) is 10.8 Å². The van der Waals surface area contributed by atoms with Gasteiger partial charge in [0.1, 0.15) is 33.5 Å². The molecule has 0 radical (unpaired) electrons. The van der Waals surface area contributed by atoms with E-state index in [1.54, 1.807) is 0 Å². The average Bonchev–Trinajstić information content (AvgIpc) is 3.96. The van der Waals surface area contributed by atoms with Crippen molar-refractivity contribution < 1.29 is 8.83 Å². The van der Waals surface area contributed by atoms with Crippen LogP contribution in [0, 0.1) is 31.6 Å². The lowest BCUT2D eigenvalue weighted by atomic mass is 9.30. The molecule has 0 saturated carbocycles. The van der Waals surface area contributed by atoms with Gasteiger partial charge in [0, 0.05) is 38.0 Å². The Morgan fingerprint density at radius 1 is 0.548 bits per heavy atom. The lowest BCUT2D eigenvalue weighted by molar-refractivity contribution is 0.466. The van der Waals surface area contributed by atoms with E-state index < -0.39 is 0 Å². The first-order valence-electron chi connectivity index (χ1n) is 22.2. The van der Waals surface area contributed by atoms with Gasteiger partial charge in [-0.1, -0.05) is 143 Å². The van der Waals surface area contributed by atoms with Crippen LogP contribution in [-0.2, 0) is 0 Å². The number of hydrogen-bond donors (Lipinski definition) is 0. The molecule has 62 heavy (non-hydrogen) atoms. The van der Waals surface area contributed by atoms with Crippen LogP contribution in [0.3, 0.4) is 0 Å². The molecule has 0 bridgehead atoms. The topological polar surface area (TPSA) is 57.1 Å². The monoisotopic (exact) mass is 807 g/mol. The van der Waals surface area contributed by atoms with Crippen LogP contribution in [0.1, 0.15) is 58.2 Å². The summed E-state index contributed by atoms with van der Waals surface area (Å²) >= 11 is 0. The smallest absolute Gasteiger partial charge is 0.340 e. The maximum absolute atomic E-state index is 16.2. The Balaban J connectivity index is 1.32. The van der Waals surface area contributed by atoms with Crippen LogP contribution in [0.15, 0.2) is 111 Å². The summed E-state index contributed by atoms with van der Waals surface area (Å²) in [5, 5.41) is 6.25. The second-order valence-corrected chi connectivity index (χ2v) is 21.0. The standard InChI is InChI=1S/C54H47B2N3O3/c1-28-22-29(2)42(30(3)23-28)31-24-38-47-39(25-31)56(27-54(7,8)9)44-37-21-19-35-33-15-11-13-17-41(33)62-49(35)46(37)59-51(44)57(47)50-43(55(38)26-53(4,5)6)36-20-18-34-32-14-10-12-16-40(32)61-48(34)45(36)58(50)52(59)60/h10-25H,26-27H2,1-9H3. The Bertz CT molecular complexity index is 3670. The second-order valence-electron chi connectivity index (χ2n) is 21.0. The molecular weight excluding hydrogens is 760 g/mol. The number of fused-ring (bicyclic) bond motifs is 14. The summed E-state index contributed by atoms with van der Waals surface area (Å²) in [6, 6.07) is 35.2. The van der Waals surface area contributed by atoms with Gasteiger partial charge >= 0.3 is 5.69 Å². The third-order valence-electron chi connectivity index (χ3n) is 14.2. The highest BCUT2D eigenvalue weighted by Gasteiger charge is 2.46. The van der Waals surface area contributed by atoms with Crippen LogP contribution in [0.4, 0.5) is 0 Å². The van der Waals surface area contributed by atoms with Gasteiger partial charge in [-0.05, 0) is 89.0 Å². The zero-order chi connectivity index (χ0) is 42.5. The number of aryl methyl sites for hydroxylation is 3. The van der Waals surface area contributed by atoms with Crippen LogP contribution in [0.5, 0.6) is 0 Å². The van der Waals surface area contributed by atoms with E-state index in [0.29, 0.717) is 0 Å². The maximum Gasteiger partial charge on any atom is 0.340 e. The quantitative estimate of drug-likeness (QED) is 0.167. The van der Waals surface area contributed by atoms with Crippen LogP contribution < -0.4 is 27.5 Å². The number of rotatable bonds is 3. The number of aromatic nitrogens is 3. The molecule has 13 rings (SSSR count). The fourth-order valence-corrected chi connectivity index (χ4v) is 12.2. The van der Waals surface area contributed by atoms with E-state index >= 15 is 4.79 Å². The van der Waals surface area contributed by atoms with E-state index in [1.165, 1.54) is 55.4 Å². The molecule has 2 aliphatic heterocycles. The van der Waals surface area contributed by atoms with Crippen molar-refractivity contribution in [1.29, 1.82) is 0 Å². The van der Waals surface area contributed by atoms with E-state index in [2.05, 4.69) is 140 Å². The van der Waals surface area contributed by atoms with Gasteiger partial charge < -0.3 is 8.83 Å². The molecule has 302 valence electrons. The lowest BCUT2D eigenvalue weighted by Gasteiger charge is -2.37. The van der Waals surface area contributed by atoms with Crippen LogP contribution >= 0.6 is 0 Å². The van der Waals surface area contributed by atoms with Crippen molar-refractivity contribution in [3.8, 4) is 16.8 Å². The minimum Gasteiger partial charge on any atom is -0.454 e. The van der Waals surface area contributed by atoms with Gasteiger partial charge in [0.25, 0.3) is 0 Å². The van der Waals surface area contributed by atoms with Gasteiger partial charge in [-0.2, -0.15) is 0 Å². The minimum absolute atomic E-state index is 0.00855. The molecule has 11 aromatic rings. The zero-order valence-corrected chi connectivity index (χ0v) is 36.9. The molecular formula is C54H47B2N3O3. The summed E-state index contributed by atoms with van der Waals surface area (Å²) in [5.74, 6) is 0. The fraction of sp³-hybridized carbons (Fsp3) is 0.241. The Labute approximate surface area is 359 Å². The highest BCUT2D eigenvalue weighted by Crippen LogP contribution is 2.42. The molecule has 0 unspecified atom stereocenters. The van der Waals surface area contributed by atoms with Crippen molar-refractivity contribution in [2.75, 3.05) is 0 Å². The Hall–Kier alpha value is -6.40. The normalized spacial score (nSPS) is 14.0. The molecule has 7 heterocycles. The third-order valence-corrected chi connectivity index (χ3v) is 14.2. The van der Waals surface area contributed by atoms with Crippen LogP contribution in [0.2, 0.25) is 12.6 Å². The summed E-state index contributed by atoms with van der Waals surface area (Å²) < 4.78 is 20.3. The van der Waals surface area contributed by atoms with E-state index in [4.69, 9.17) is 8.83 Å². The summed E-state index contributed by atoms with van der Waals surface area (Å²) in [6.45, 7) is 20.9. The number of nitrogens with zero attached hydrogens (tertiary/aromatic N) is 3. The van der Waals surface area contributed by atoms with Gasteiger partial charge in [0.15, 0.2) is 11.2 Å². The molecule has 0 spiro atoms. The fourth-order valence-electron chi connectivity index (χ4n) is 12.2.